The van der Waals surface area contributed by atoms with Crippen molar-refractivity contribution in [1.82, 2.24) is 15.1 Å². The van der Waals surface area contributed by atoms with Crippen LogP contribution in [0.3, 0.4) is 0 Å². The van der Waals surface area contributed by atoms with Crippen LogP contribution in [0.1, 0.15) is 27.7 Å². The normalized spacial score (nSPS) is 16.3. The van der Waals surface area contributed by atoms with Gasteiger partial charge in [0.05, 0.1) is 5.92 Å². The van der Waals surface area contributed by atoms with E-state index in [1.54, 1.807) is 11.8 Å². The predicted octanol–water partition coefficient (Wildman–Crippen LogP) is 0.605. The van der Waals surface area contributed by atoms with E-state index in [9.17, 15) is 14.4 Å². The molecule has 0 spiro atoms. The second-order valence-corrected chi connectivity index (χ2v) is 5.81. The summed E-state index contributed by atoms with van der Waals surface area (Å²) in [5.74, 6) is -1.48. The molecule has 3 amide bonds. The molecule has 0 saturated carbocycles. The highest BCUT2D eigenvalue weighted by Gasteiger charge is 2.38. The number of carboxylic acids is 1. The summed E-state index contributed by atoms with van der Waals surface area (Å²) in [7, 11) is 0. The van der Waals surface area contributed by atoms with E-state index in [1.807, 2.05) is 20.8 Å². The third kappa shape index (κ3) is 4.61. The van der Waals surface area contributed by atoms with Crippen LogP contribution in [0, 0.1) is 11.8 Å². The lowest BCUT2D eigenvalue weighted by Gasteiger charge is -2.43. The number of hydrogen-bond acceptors (Lipinski definition) is 3. The topological polar surface area (TPSA) is 90.0 Å². The number of amides is 3. The number of aliphatic carboxylic acids is 1. The number of likely N-dealkylation sites (N-methyl/N-ethyl adjacent to an activating group) is 1. The molecule has 0 radical (unpaired) electrons. The second-order valence-electron chi connectivity index (χ2n) is 5.81. The van der Waals surface area contributed by atoms with Gasteiger partial charge in [-0.25, -0.2) is 4.79 Å². The van der Waals surface area contributed by atoms with Gasteiger partial charge in [-0.15, -0.1) is 0 Å². The van der Waals surface area contributed by atoms with E-state index in [1.165, 1.54) is 4.90 Å². The first kappa shape index (κ1) is 17.3. The molecule has 21 heavy (non-hydrogen) atoms. The van der Waals surface area contributed by atoms with Crippen LogP contribution >= 0.6 is 0 Å². The number of hydrogen-bond donors (Lipinski definition) is 2. The fraction of sp³-hybridized carbons (Fsp3) is 0.786. The highest BCUT2D eigenvalue weighted by atomic mass is 16.4. The Bertz CT molecular complexity index is 405. The van der Waals surface area contributed by atoms with Crippen LogP contribution < -0.4 is 5.32 Å². The molecule has 0 aromatic heterocycles. The number of urea groups is 1. The molecule has 7 nitrogen and oxygen atoms in total. The van der Waals surface area contributed by atoms with Crippen molar-refractivity contribution in [3.05, 3.63) is 0 Å². The fourth-order valence-corrected chi connectivity index (χ4v) is 2.24. The Morgan fingerprint density at radius 3 is 2.29 bits per heavy atom. The average Bonchev–Trinajstić information content (AvgIpc) is 2.32. The van der Waals surface area contributed by atoms with Gasteiger partial charge in [-0.3, -0.25) is 9.59 Å². The first-order chi connectivity index (χ1) is 9.76. The monoisotopic (exact) mass is 299 g/mol. The van der Waals surface area contributed by atoms with Crippen molar-refractivity contribution in [3.63, 3.8) is 0 Å². The van der Waals surface area contributed by atoms with Gasteiger partial charge in [-0.1, -0.05) is 6.92 Å². The molecule has 1 atom stereocenters. The smallest absolute Gasteiger partial charge is 0.320 e. The molecule has 0 aromatic carbocycles. The standard InChI is InChI=1S/C14H25N3O4/c1-5-16(8-12(18)15-9(2)3)14(21)17-6-11(7-17)10(4)13(19)20/h9-11H,5-8H2,1-4H3,(H,15,18)(H,19,20). The third-order valence-electron chi connectivity index (χ3n) is 3.71. The highest BCUT2D eigenvalue weighted by molar-refractivity contribution is 5.84. The Morgan fingerprint density at radius 1 is 1.29 bits per heavy atom. The van der Waals surface area contributed by atoms with E-state index < -0.39 is 11.9 Å². The third-order valence-corrected chi connectivity index (χ3v) is 3.71. The summed E-state index contributed by atoms with van der Waals surface area (Å²) in [4.78, 5) is 37.9. The highest BCUT2D eigenvalue weighted by Crippen LogP contribution is 2.25. The summed E-state index contributed by atoms with van der Waals surface area (Å²) < 4.78 is 0. The zero-order valence-electron chi connectivity index (χ0n) is 13.1. The van der Waals surface area contributed by atoms with Gasteiger partial charge in [-0.05, 0) is 20.8 Å². The molecule has 0 bridgehead atoms. The fourth-order valence-electron chi connectivity index (χ4n) is 2.24. The van der Waals surface area contributed by atoms with Crippen LogP contribution in [-0.2, 0) is 9.59 Å². The minimum Gasteiger partial charge on any atom is -0.481 e. The average molecular weight is 299 g/mol. The number of carbonyl (C=O) groups excluding carboxylic acids is 2. The van der Waals surface area contributed by atoms with Crippen molar-refractivity contribution in [2.75, 3.05) is 26.2 Å². The molecule has 2 N–H and O–H groups in total. The van der Waals surface area contributed by atoms with E-state index in [2.05, 4.69) is 5.32 Å². The van der Waals surface area contributed by atoms with Gasteiger partial charge in [0.2, 0.25) is 5.91 Å². The summed E-state index contributed by atoms with van der Waals surface area (Å²) in [6, 6.07) is -0.165. The molecule has 1 saturated heterocycles. The van der Waals surface area contributed by atoms with Gasteiger partial charge in [0.1, 0.15) is 6.54 Å². The molecule has 0 aliphatic carbocycles. The van der Waals surface area contributed by atoms with Crippen molar-refractivity contribution < 1.29 is 19.5 Å². The van der Waals surface area contributed by atoms with Gasteiger partial charge in [0, 0.05) is 31.6 Å². The van der Waals surface area contributed by atoms with Crippen molar-refractivity contribution in [3.8, 4) is 0 Å². The molecule has 1 rings (SSSR count). The molecule has 120 valence electrons. The van der Waals surface area contributed by atoms with Gasteiger partial charge < -0.3 is 20.2 Å². The number of nitrogens with zero attached hydrogens (tertiary/aromatic N) is 2. The predicted molar refractivity (Wildman–Crippen MR) is 77.8 cm³/mol. The molecule has 1 aliphatic rings. The number of rotatable bonds is 6. The van der Waals surface area contributed by atoms with E-state index >= 15 is 0 Å². The molecular formula is C14H25N3O4. The maximum Gasteiger partial charge on any atom is 0.320 e. The van der Waals surface area contributed by atoms with Crippen LogP contribution in [0.15, 0.2) is 0 Å². The molecule has 7 heteroatoms. The Hall–Kier alpha value is -1.79. The molecule has 0 aromatic rings. The summed E-state index contributed by atoms with van der Waals surface area (Å²) in [5.41, 5.74) is 0. The summed E-state index contributed by atoms with van der Waals surface area (Å²) in [6.07, 6.45) is 0. The molecule has 1 fully saturated rings. The van der Waals surface area contributed by atoms with E-state index in [0.29, 0.717) is 19.6 Å². The summed E-state index contributed by atoms with van der Waals surface area (Å²) >= 11 is 0. The van der Waals surface area contributed by atoms with Crippen molar-refractivity contribution in [2.45, 2.75) is 33.7 Å². The first-order valence-electron chi connectivity index (χ1n) is 7.32. The Morgan fingerprint density at radius 2 is 1.86 bits per heavy atom. The van der Waals surface area contributed by atoms with E-state index in [-0.39, 0.29) is 30.4 Å². The summed E-state index contributed by atoms with van der Waals surface area (Å²) in [6.45, 7) is 8.55. The van der Waals surface area contributed by atoms with Gasteiger partial charge in [-0.2, -0.15) is 0 Å². The van der Waals surface area contributed by atoms with E-state index in [4.69, 9.17) is 5.11 Å². The van der Waals surface area contributed by atoms with Crippen molar-refractivity contribution >= 4 is 17.9 Å². The quantitative estimate of drug-likeness (QED) is 0.752. The lowest BCUT2D eigenvalue weighted by atomic mass is 9.87. The SMILES string of the molecule is CCN(CC(=O)NC(C)C)C(=O)N1CC(C(C)C(=O)O)C1. The van der Waals surface area contributed by atoms with Crippen LogP contribution in [0.25, 0.3) is 0 Å². The van der Waals surface area contributed by atoms with Crippen molar-refractivity contribution in [1.29, 1.82) is 0 Å². The number of carboxylic acid groups (broad SMARTS) is 1. The maximum absolute atomic E-state index is 12.2. The summed E-state index contributed by atoms with van der Waals surface area (Å²) in [5, 5.41) is 11.7. The molecular weight excluding hydrogens is 274 g/mol. The van der Waals surface area contributed by atoms with Crippen LogP contribution in [0.5, 0.6) is 0 Å². The molecule has 1 heterocycles. The minimum atomic E-state index is -0.837. The first-order valence-corrected chi connectivity index (χ1v) is 7.32. The van der Waals surface area contributed by atoms with Gasteiger partial charge in [0.25, 0.3) is 0 Å². The van der Waals surface area contributed by atoms with Crippen LogP contribution in [-0.4, -0.2) is 65.0 Å². The van der Waals surface area contributed by atoms with Gasteiger partial charge >= 0.3 is 12.0 Å². The zero-order chi connectivity index (χ0) is 16.2. The Balaban J connectivity index is 2.47. The number of carbonyl (C=O) groups is 3. The Kier molecular flexibility index (Phi) is 5.99. The molecule has 1 aliphatic heterocycles. The molecule has 1 unspecified atom stereocenters. The van der Waals surface area contributed by atoms with E-state index in [0.717, 1.165) is 0 Å². The number of nitrogens with one attached hydrogen (secondary N) is 1. The zero-order valence-corrected chi connectivity index (χ0v) is 13.1. The lowest BCUT2D eigenvalue weighted by molar-refractivity contribution is -0.144. The second kappa shape index (κ2) is 7.28. The van der Waals surface area contributed by atoms with Crippen LogP contribution in [0.2, 0.25) is 0 Å². The lowest BCUT2D eigenvalue weighted by Crippen LogP contribution is -2.58. The van der Waals surface area contributed by atoms with Crippen molar-refractivity contribution in [2.24, 2.45) is 11.8 Å². The number of likely N-dealkylation sites (tertiary alicyclic amines) is 1. The van der Waals surface area contributed by atoms with Gasteiger partial charge in [0.15, 0.2) is 0 Å². The largest absolute Gasteiger partial charge is 0.481 e. The maximum atomic E-state index is 12.2. The Labute approximate surface area is 125 Å². The minimum absolute atomic E-state index is 0.00496. The van der Waals surface area contributed by atoms with Crippen LogP contribution in [0.4, 0.5) is 4.79 Å².